The summed E-state index contributed by atoms with van der Waals surface area (Å²) < 4.78 is 5.36. The molecule has 1 aliphatic heterocycles. The van der Waals surface area contributed by atoms with Gasteiger partial charge in [-0.05, 0) is 69.0 Å². The van der Waals surface area contributed by atoms with Gasteiger partial charge < -0.3 is 19.9 Å². The van der Waals surface area contributed by atoms with Gasteiger partial charge in [-0.15, -0.1) is 0 Å². The van der Waals surface area contributed by atoms with E-state index < -0.39 is 11.7 Å². The van der Waals surface area contributed by atoms with Crippen molar-refractivity contribution in [1.29, 1.82) is 0 Å². The Labute approximate surface area is 231 Å². The molecule has 3 aromatic heterocycles. The number of hydrogen-bond donors (Lipinski definition) is 3. The number of hydrogen-bond acceptors (Lipinski definition) is 5. The Hall–Kier alpha value is -4.66. The van der Waals surface area contributed by atoms with Crippen molar-refractivity contribution in [2.45, 2.75) is 45.3 Å². The Balaban J connectivity index is 1.19. The number of nitrogens with one attached hydrogen (secondary N) is 3. The van der Waals surface area contributed by atoms with Gasteiger partial charge >= 0.3 is 6.09 Å². The van der Waals surface area contributed by atoms with Crippen LogP contribution >= 0.6 is 0 Å². The van der Waals surface area contributed by atoms with Crippen LogP contribution in [0.5, 0.6) is 0 Å². The first-order chi connectivity index (χ1) is 19.2. The molecular formula is C31H32N6O3. The summed E-state index contributed by atoms with van der Waals surface area (Å²) in [5.41, 5.74) is 5.52. The highest BCUT2D eigenvalue weighted by molar-refractivity contribution is 6.05. The number of piperidine rings is 1. The van der Waals surface area contributed by atoms with Crippen LogP contribution in [0.25, 0.3) is 44.3 Å². The number of amides is 2. The normalized spacial score (nSPS) is 14.5. The lowest BCUT2D eigenvalue weighted by atomic mass is 10.0. The summed E-state index contributed by atoms with van der Waals surface area (Å²) in [6, 6.07) is 20.3. The molecule has 4 heterocycles. The van der Waals surface area contributed by atoms with E-state index >= 15 is 0 Å². The number of nitrogens with zero attached hydrogens (tertiary/aromatic N) is 3. The van der Waals surface area contributed by atoms with Crippen molar-refractivity contribution in [2.75, 3.05) is 13.1 Å². The van der Waals surface area contributed by atoms with E-state index in [2.05, 4.69) is 49.7 Å². The van der Waals surface area contributed by atoms with Gasteiger partial charge in [-0.3, -0.25) is 9.89 Å². The molecule has 0 saturated carbocycles. The highest BCUT2D eigenvalue weighted by Gasteiger charge is 2.28. The maximum atomic E-state index is 13.5. The molecular weight excluding hydrogens is 504 g/mol. The standard InChI is InChI=1S/C31H32N6O3/c1-31(2,3)40-30(39)33-23-11-13-37(14-12-23)29(38)27-24-16-20(9-10-25(24)35-36-27)22-15-21-17-26(34-28(21)32-18-22)19-7-5-4-6-8-19/h4-10,15-18,23H,11-14H2,1-3H3,(H,32,34)(H,33,39)(H,35,36). The average Bonchev–Trinajstić information content (AvgIpc) is 3.56. The van der Waals surface area contributed by atoms with Crippen LogP contribution in [0.2, 0.25) is 0 Å². The van der Waals surface area contributed by atoms with E-state index in [1.54, 1.807) is 4.90 Å². The van der Waals surface area contributed by atoms with Crippen molar-refractivity contribution >= 4 is 33.9 Å². The second kappa shape index (κ2) is 10.1. The fourth-order valence-electron chi connectivity index (χ4n) is 5.15. The lowest BCUT2D eigenvalue weighted by Gasteiger charge is -2.32. The SMILES string of the molecule is CC(C)(C)OC(=O)NC1CCN(C(=O)c2n[nH]c3ccc(-c4cnc5[nH]c(-c6ccccc6)cc5c4)cc23)CC1. The highest BCUT2D eigenvalue weighted by atomic mass is 16.6. The van der Waals surface area contributed by atoms with Crippen LogP contribution in [0.3, 0.4) is 0 Å². The maximum absolute atomic E-state index is 13.5. The third-order valence-corrected chi connectivity index (χ3v) is 7.16. The van der Waals surface area contributed by atoms with Gasteiger partial charge in [-0.25, -0.2) is 9.78 Å². The van der Waals surface area contributed by atoms with Crippen LogP contribution in [0.15, 0.2) is 66.9 Å². The number of H-pyrrole nitrogens is 2. The molecule has 2 aromatic carbocycles. The summed E-state index contributed by atoms with van der Waals surface area (Å²) >= 11 is 0. The maximum Gasteiger partial charge on any atom is 0.407 e. The zero-order valence-corrected chi connectivity index (χ0v) is 22.8. The number of ether oxygens (including phenoxy) is 1. The molecule has 5 aromatic rings. The highest BCUT2D eigenvalue weighted by Crippen LogP contribution is 2.30. The summed E-state index contributed by atoms with van der Waals surface area (Å²) in [6.07, 6.45) is 2.74. The topological polar surface area (TPSA) is 116 Å². The van der Waals surface area contributed by atoms with Gasteiger partial charge in [0.1, 0.15) is 11.2 Å². The smallest absolute Gasteiger partial charge is 0.407 e. The van der Waals surface area contributed by atoms with Crippen LogP contribution in [0.4, 0.5) is 4.79 Å². The monoisotopic (exact) mass is 536 g/mol. The minimum Gasteiger partial charge on any atom is -0.444 e. The molecule has 6 rings (SSSR count). The molecule has 1 saturated heterocycles. The first-order valence-electron chi connectivity index (χ1n) is 13.5. The summed E-state index contributed by atoms with van der Waals surface area (Å²) in [6.45, 7) is 6.58. The van der Waals surface area contributed by atoms with Gasteiger partial charge in [0.05, 0.1) is 5.52 Å². The van der Waals surface area contributed by atoms with Crippen molar-refractivity contribution < 1.29 is 14.3 Å². The first kappa shape index (κ1) is 25.6. The van der Waals surface area contributed by atoms with Crippen molar-refractivity contribution in [3.63, 3.8) is 0 Å². The molecule has 204 valence electrons. The van der Waals surface area contributed by atoms with Gasteiger partial charge in [-0.2, -0.15) is 5.10 Å². The minimum absolute atomic E-state index is 0.0281. The molecule has 0 bridgehead atoms. The molecule has 40 heavy (non-hydrogen) atoms. The minimum atomic E-state index is -0.546. The van der Waals surface area contributed by atoms with E-state index in [-0.39, 0.29) is 11.9 Å². The quantitative estimate of drug-likeness (QED) is 0.264. The number of alkyl carbamates (subject to hydrolysis) is 1. The Bertz CT molecular complexity index is 1690. The van der Waals surface area contributed by atoms with Crippen molar-refractivity contribution in [3.8, 4) is 22.4 Å². The van der Waals surface area contributed by atoms with Crippen molar-refractivity contribution in [3.05, 3.63) is 72.6 Å². The Morgan fingerprint density at radius 2 is 1.75 bits per heavy atom. The van der Waals surface area contributed by atoms with E-state index in [0.29, 0.717) is 31.6 Å². The van der Waals surface area contributed by atoms with E-state index in [9.17, 15) is 9.59 Å². The predicted octanol–water partition coefficient (Wildman–Crippen LogP) is 5.90. The molecule has 0 atom stereocenters. The number of aromatic amines is 2. The number of fused-ring (bicyclic) bond motifs is 2. The van der Waals surface area contributed by atoms with Crippen LogP contribution in [0, 0.1) is 0 Å². The first-order valence-corrected chi connectivity index (χ1v) is 13.5. The molecule has 0 aliphatic carbocycles. The number of rotatable bonds is 4. The molecule has 2 amide bonds. The van der Waals surface area contributed by atoms with E-state index in [0.717, 1.165) is 44.3 Å². The molecule has 3 N–H and O–H groups in total. The summed E-state index contributed by atoms with van der Waals surface area (Å²) in [5.74, 6) is -0.120. The Kier molecular flexibility index (Phi) is 6.50. The fourth-order valence-corrected chi connectivity index (χ4v) is 5.15. The molecule has 9 nitrogen and oxygen atoms in total. The lowest BCUT2D eigenvalue weighted by molar-refractivity contribution is 0.0473. The summed E-state index contributed by atoms with van der Waals surface area (Å²) in [5, 5.41) is 12.1. The molecule has 1 fully saturated rings. The molecule has 0 spiro atoms. The molecule has 0 radical (unpaired) electrons. The Morgan fingerprint density at radius 1 is 0.975 bits per heavy atom. The zero-order chi connectivity index (χ0) is 27.9. The van der Waals surface area contributed by atoms with Crippen molar-refractivity contribution in [2.24, 2.45) is 0 Å². The molecule has 9 heteroatoms. The Morgan fingerprint density at radius 3 is 2.50 bits per heavy atom. The zero-order valence-electron chi connectivity index (χ0n) is 22.8. The largest absolute Gasteiger partial charge is 0.444 e. The third kappa shape index (κ3) is 5.27. The predicted molar refractivity (Wildman–Crippen MR) is 155 cm³/mol. The van der Waals surface area contributed by atoms with Crippen LogP contribution in [-0.4, -0.2) is 61.8 Å². The lowest BCUT2D eigenvalue weighted by Crippen LogP contribution is -2.47. The second-order valence-corrected chi connectivity index (χ2v) is 11.3. The van der Waals surface area contributed by atoms with Gasteiger partial charge in [0.2, 0.25) is 0 Å². The van der Waals surface area contributed by atoms with Gasteiger partial charge in [-0.1, -0.05) is 36.4 Å². The fraction of sp³-hybridized carbons (Fsp3) is 0.290. The average molecular weight is 537 g/mol. The number of benzene rings is 2. The number of likely N-dealkylation sites (tertiary alicyclic amines) is 1. The summed E-state index contributed by atoms with van der Waals surface area (Å²) in [7, 11) is 0. The van der Waals surface area contributed by atoms with Gasteiger partial charge in [0.25, 0.3) is 5.91 Å². The second-order valence-electron chi connectivity index (χ2n) is 11.3. The summed E-state index contributed by atoms with van der Waals surface area (Å²) in [4.78, 5) is 35.4. The number of pyridine rings is 1. The number of aromatic nitrogens is 4. The van der Waals surface area contributed by atoms with E-state index in [4.69, 9.17) is 4.74 Å². The van der Waals surface area contributed by atoms with E-state index in [1.807, 2.05) is 63.4 Å². The number of carbonyl (C=O) groups excluding carboxylic acids is 2. The molecule has 1 aliphatic rings. The van der Waals surface area contributed by atoms with E-state index in [1.165, 1.54) is 0 Å². The van der Waals surface area contributed by atoms with Gasteiger partial charge in [0.15, 0.2) is 5.69 Å². The van der Waals surface area contributed by atoms with Crippen LogP contribution in [0.1, 0.15) is 44.1 Å². The van der Waals surface area contributed by atoms with Crippen LogP contribution < -0.4 is 5.32 Å². The van der Waals surface area contributed by atoms with Crippen LogP contribution in [-0.2, 0) is 4.74 Å². The van der Waals surface area contributed by atoms with Gasteiger partial charge in [0, 0.05) is 47.4 Å². The molecule has 0 unspecified atom stereocenters. The third-order valence-electron chi connectivity index (χ3n) is 7.16. The number of carbonyl (C=O) groups is 2. The van der Waals surface area contributed by atoms with Crippen molar-refractivity contribution in [1.82, 2.24) is 30.4 Å².